The normalized spacial score (nSPS) is 14.4. The Balaban J connectivity index is 1.13. The molecule has 0 atom stereocenters. The molecule has 0 aliphatic carbocycles. The molecule has 4 aromatic heterocycles. The number of halogens is 2. The van der Waals surface area contributed by atoms with Crippen molar-refractivity contribution in [2.24, 2.45) is 0 Å². The van der Waals surface area contributed by atoms with Crippen molar-refractivity contribution in [3.8, 4) is 11.6 Å². The lowest BCUT2D eigenvalue weighted by molar-refractivity contribution is 0.0947. The van der Waals surface area contributed by atoms with E-state index in [1.165, 1.54) is 16.8 Å². The Labute approximate surface area is 248 Å². The first-order chi connectivity index (χ1) is 20.7. The number of amides is 1. The van der Waals surface area contributed by atoms with E-state index in [0.717, 1.165) is 17.4 Å². The van der Waals surface area contributed by atoms with E-state index in [2.05, 4.69) is 25.3 Å². The maximum Gasteiger partial charge on any atom is 0.309 e. The second-order valence-electron chi connectivity index (χ2n) is 10.5. The van der Waals surface area contributed by atoms with Crippen molar-refractivity contribution in [3.05, 3.63) is 57.4 Å². The molecule has 1 aromatic carbocycles. The van der Waals surface area contributed by atoms with E-state index in [1.807, 2.05) is 19.0 Å². The minimum Gasteiger partial charge on any atom is -0.461 e. The highest BCUT2D eigenvalue weighted by atomic mass is 32.1. The van der Waals surface area contributed by atoms with Crippen molar-refractivity contribution in [1.29, 1.82) is 0 Å². The molecule has 1 fully saturated rings. The predicted octanol–water partition coefficient (Wildman–Crippen LogP) is 1.73. The number of nitrogens with one attached hydrogen (secondary N) is 1. The van der Waals surface area contributed by atoms with Crippen LogP contribution in [0.25, 0.3) is 27.6 Å². The van der Waals surface area contributed by atoms with Gasteiger partial charge in [-0.25, -0.2) is 13.8 Å². The lowest BCUT2D eigenvalue weighted by Gasteiger charge is -2.36. The Morgan fingerprint density at radius 3 is 2.63 bits per heavy atom. The van der Waals surface area contributed by atoms with Crippen molar-refractivity contribution < 1.29 is 18.0 Å². The summed E-state index contributed by atoms with van der Waals surface area (Å²) in [6.07, 6.45) is 1.52. The molecular formula is C27H30F2N10O3S. The first-order valence-electron chi connectivity index (χ1n) is 13.7. The fourth-order valence-corrected chi connectivity index (χ4v) is 5.96. The zero-order valence-electron chi connectivity index (χ0n) is 23.6. The number of carbonyl (C=O) groups excluding carboxylic acids is 1. The molecule has 0 unspecified atom stereocenters. The van der Waals surface area contributed by atoms with E-state index < -0.39 is 17.5 Å². The monoisotopic (exact) mass is 612 g/mol. The number of aromatic nitrogens is 5. The SMILES string of the molecule is CN(C)CCNC(=O)c1cc(N2CCN(CCn3c(=O)sc4c3nc(N)n3nc(-c5ccco5)nc43)CC2)c(F)cc1F. The second kappa shape index (κ2) is 11.7. The summed E-state index contributed by atoms with van der Waals surface area (Å²) in [4.78, 5) is 40.2. The molecular weight excluding hydrogens is 582 g/mol. The van der Waals surface area contributed by atoms with Crippen LogP contribution in [-0.2, 0) is 6.54 Å². The van der Waals surface area contributed by atoms with Gasteiger partial charge in [-0.1, -0.05) is 11.3 Å². The number of nitrogens with two attached hydrogens (primary N) is 1. The third-order valence-corrected chi connectivity index (χ3v) is 8.30. The molecule has 1 amide bonds. The standard InChI is InChI=1S/C27H30F2N10O3S/c1-35(2)6-5-31-25(40)16-14-19(18(29)15-17(16)28)37-10-7-36(8-11-37)9-12-38-23-21(43-27(38)41)24-32-22(20-4-3-13-42-20)34-39(24)26(30)33-23/h3-4,13-15H,5-12H2,1-2H3,(H2,30,33)(H,31,40). The predicted molar refractivity (Wildman–Crippen MR) is 158 cm³/mol. The number of furan rings is 1. The van der Waals surface area contributed by atoms with Gasteiger partial charge in [-0.3, -0.25) is 19.1 Å². The molecule has 3 N–H and O–H groups in total. The summed E-state index contributed by atoms with van der Waals surface area (Å²) in [6.45, 7) is 3.93. The average molecular weight is 613 g/mol. The Kier molecular flexibility index (Phi) is 7.81. The van der Waals surface area contributed by atoms with Crippen molar-refractivity contribution in [2.45, 2.75) is 6.54 Å². The van der Waals surface area contributed by atoms with E-state index in [0.29, 0.717) is 79.9 Å². The number of likely N-dealkylation sites (N-methyl/N-ethyl adjacent to an activating group) is 1. The number of nitrogens with zero attached hydrogens (tertiary/aromatic N) is 8. The highest BCUT2D eigenvalue weighted by Gasteiger charge is 2.24. The molecule has 6 rings (SSSR count). The lowest BCUT2D eigenvalue weighted by atomic mass is 10.1. The molecule has 0 radical (unpaired) electrons. The van der Waals surface area contributed by atoms with Gasteiger partial charge in [0.05, 0.1) is 17.5 Å². The molecule has 43 heavy (non-hydrogen) atoms. The number of thiazole rings is 1. The fraction of sp³-hybridized carbons (Fsp3) is 0.370. The molecule has 16 heteroatoms. The van der Waals surface area contributed by atoms with E-state index >= 15 is 0 Å². The van der Waals surface area contributed by atoms with E-state index in [4.69, 9.17) is 10.2 Å². The Morgan fingerprint density at radius 1 is 1.12 bits per heavy atom. The summed E-state index contributed by atoms with van der Waals surface area (Å²) < 4.78 is 38.2. The van der Waals surface area contributed by atoms with Crippen LogP contribution in [-0.4, -0.2) is 99.8 Å². The summed E-state index contributed by atoms with van der Waals surface area (Å²) in [5, 5.41) is 7.05. The zero-order chi connectivity index (χ0) is 30.2. The zero-order valence-corrected chi connectivity index (χ0v) is 24.4. The molecule has 0 saturated carbocycles. The van der Waals surface area contributed by atoms with Crippen molar-refractivity contribution in [3.63, 3.8) is 0 Å². The highest BCUT2D eigenvalue weighted by molar-refractivity contribution is 7.17. The minimum absolute atomic E-state index is 0.0973. The smallest absolute Gasteiger partial charge is 0.309 e. The highest BCUT2D eigenvalue weighted by Crippen LogP contribution is 2.27. The molecule has 1 saturated heterocycles. The van der Waals surface area contributed by atoms with Gasteiger partial charge in [0.15, 0.2) is 17.1 Å². The summed E-state index contributed by atoms with van der Waals surface area (Å²) >= 11 is 1.03. The topological polar surface area (TPSA) is 143 Å². The third-order valence-electron chi connectivity index (χ3n) is 7.34. The van der Waals surface area contributed by atoms with Crippen molar-refractivity contribution in [2.75, 3.05) is 70.5 Å². The molecule has 1 aliphatic rings. The average Bonchev–Trinajstić information content (AvgIpc) is 3.72. The molecule has 13 nitrogen and oxygen atoms in total. The Morgan fingerprint density at radius 2 is 1.91 bits per heavy atom. The largest absolute Gasteiger partial charge is 0.461 e. The van der Waals surface area contributed by atoms with Gasteiger partial charge in [-0.05, 0) is 32.3 Å². The van der Waals surface area contributed by atoms with Gasteiger partial charge in [-0.15, -0.1) is 5.10 Å². The Hall–Kier alpha value is -4.41. The van der Waals surface area contributed by atoms with E-state index in [-0.39, 0.29) is 22.1 Å². The maximum atomic E-state index is 14.8. The number of hydrogen-bond acceptors (Lipinski definition) is 11. The number of fused-ring (bicyclic) bond motifs is 3. The van der Waals surface area contributed by atoms with Gasteiger partial charge in [0.25, 0.3) is 5.91 Å². The van der Waals surface area contributed by atoms with Crippen LogP contribution < -0.4 is 20.8 Å². The van der Waals surface area contributed by atoms with Crippen LogP contribution in [0.4, 0.5) is 20.4 Å². The van der Waals surface area contributed by atoms with Crippen LogP contribution in [0.5, 0.6) is 0 Å². The van der Waals surface area contributed by atoms with Gasteiger partial charge in [0, 0.05) is 58.4 Å². The van der Waals surface area contributed by atoms with Crippen LogP contribution in [0.1, 0.15) is 10.4 Å². The van der Waals surface area contributed by atoms with Crippen LogP contribution >= 0.6 is 11.3 Å². The maximum absolute atomic E-state index is 14.8. The van der Waals surface area contributed by atoms with Crippen LogP contribution in [0.3, 0.4) is 0 Å². The van der Waals surface area contributed by atoms with Crippen LogP contribution in [0.15, 0.2) is 39.7 Å². The van der Waals surface area contributed by atoms with Crippen LogP contribution in [0.2, 0.25) is 0 Å². The van der Waals surface area contributed by atoms with Crippen molar-refractivity contribution in [1.82, 2.24) is 39.3 Å². The van der Waals surface area contributed by atoms with Crippen molar-refractivity contribution >= 4 is 44.9 Å². The summed E-state index contributed by atoms with van der Waals surface area (Å²) in [5.74, 6) is -1.29. The van der Waals surface area contributed by atoms with Gasteiger partial charge in [-0.2, -0.15) is 9.50 Å². The van der Waals surface area contributed by atoms with Gasteiger partial charge in [0.2, 0.25) is 11.8 Å². The van der Waals surface area contributed by atoms with E-state index in [9.17, 15) is 18.4 Å². The number of nitrogen functional groups attached to an aromatic ring is 1. The quantitative estimate of drug-likeness (QED) is 0.253. The second-order valence-corrected chi connectivity index (χ2v) is 11.4. The van der Waals surface area contributed by atoms with Gasteiger partial charge < -0.3 is 25.3 Å². The summed E-state index contributed by atoms with van der Waals surface area (Å²) in [5.41, 5.74) is 7.03. The fourth-order valence-electron chi connectivity index (χ4n) is 5.03. The van der Waals surface area contributed by atoms with Crippen LogP contribution in [0, 0.1) is 11.6 Å². The number of piperazine rings is 1. The first kappa shape index (κ1) is 28.7. The Bertz CT molecular complexity index is 1840. The first-order valence-corrected chi connectivity index (χ1v) is 14.5. The third kappa shape index (κ3) is 5.68. The number of benzene rings is 1. The molecule has 5 heterocycles. The molecule has 5 aromatic rings. The lowest BCUT2D eigenvalue weighted by Crippen LogP contribution is -2.47. The van der Waals surface area contributed by atoms with E-state index in [1.54, 1.807) is 21.6 Å². The van der Waals surface area contributed by atoms with Gasteiger partial charge in [0.1, 0.15) is 16.3 Å². The molecule has 0 bridgehead atoms. The number of rotatable bonds is 9. The number of hydrogen-bond donors (Lipinski definition) is 2. The minimum atomic E-state index is -0.898. The molecule has 0 spiro atoms. The summed E-state index contributed by atoms with van der Waals surface area (Å²) in [7, 11) is 3.73. The molecule has 1 aliphatic heterocycles. The number of anilines is 2. The number of carbonyl (C=O) groups is 1. The summed E-state index contributed by atoms with van der Waals surface area (Å²) in [6, 6.07) is 5.50. The van der Waals surface area contributed by atoms with Gasteiger partial charge >= 0.3 is 4.87 Å². The molecule has 226 valence electrons.